The second-order valence-corrected chi connectivity index (χ2v) is 16.0. The maximum absolute atomic E-state index is 13.5. The summed E-state index contributed by atoms with van der Waals surface area (Å²) < 4.78 is 36.7. The van der Waals surface area contributed by atoms with Crippen LogP contribution in [0.1, 0.15) is 104 Å². The van der Waals surface area contributed by atoms with Crippen LogP contribution in [-0.4, -0.2) is 156 Å². The smallest absolute Gasteiger partial charge is 0.222 e. The van der Waals surface area contributed by atoms with Crippen LogP contribution in [0.2, 0.25) is 0 Å². The van der Waals surface area contributed by atoms with Gasteiger partial charge in [-0.15, -0.1) is 5.10 Å². The number of fused-ring (bicyclic) bond motifs is 1. The van der Waals surface area contributed by atoms with E-state index in [1.165, 1.54) is 0 Å². The fraction of sp³-hybridized carbons (Fsp3) is 0.900. The number of nitrogens with zero attached hydrogens (tertiary/aromatic N) is 5. The van der Waals surface area contributed by atoms with Crippen LogP contribution in [0, 0.1) is 10.8 Å². The van der Waals surface area contributed by atoms with Gasteiger partial charge in [-0.25, -0.2) is 4.68 Å². The van der Waals surface area contributed by atoms with Gasteiger partial charge in [-0.3, -0.25) is 9.59 Å². The summed E-state index contributed by atoms with van der Waals surface area (Å²) in [5.41, 5.74) is 7.02. The third-order valence-corrected chi connectivity index (χ3v) is 10.9. The SMILES string of the molecule is CCC(C)(COCC(C)(CC)Cn1nnc2c1CCN(C(=O)CCCC(=O)NCCCOCCOCCOCCCN)CC(OC)C2OC)CN(C)C(C)C. The summed E-state index contributed by atoms with van der Waals surface area (Å²) in [7, 11) is 5.45. The number of carbonyl (C=O) groups excluding carboxylic acids is 2. The van der Waals surface area contributed by atoms with Gasteiger partial charge in [0, 0.05) is 89.7 Å². The maximum Gasteiger partial charge on any atom is 0.222 e. The zero-order valence-electron chi connectivity index (χ0n) is 35.9. The van der Waals surface area contributed by atoms with Gasteiger partial charge in [-0.05, 0) is 59.5 Å². The fourth-order valence-corrected chi connectivity index (χ4v) is 6.45. The predicted molar refractivity (Wildman–Crippen MR) is 214 cm³/mol. The molecule has 0 aromatic carbocycles. The van der Waals surface area contributed by atoms with E-state index in [0.717, 1.165) is 37.2 Å². The molecule has 1 aliphatic heterocycles. The molecule has 320 valence electrons. The predicted octanol–water partition coefficient (Wildman–Crippen LogP) is 3.63. The number of hydrogen-bond donors (Lipinski definition) is 2. The van der Waals surface area contributed by atoms with E-state index in [4.69, 9.17) is 34.2 Å². The Morgan fingerprint density at radius 3 is 2.15 bits per heavy atom. The highest BCUT2D eigenvalue weighted by Gasteiger charge is 2.36. The van der Waals surface area contributed by atoms with Gasteiger partial charge in [0.2, 0.25) is 11.8 Å². The second-order valence-electron chi connectivity index (χ2n) is 16.0. The van der Waals surface area contributed by atoms with Crippen molar-refractivity contribution in [3.63, 3.8) is 0 Å². The van der Waals surface area contributed by atoms with E-state index in [1.807, 2.05) is 9.58 Å². The lowest BCUT2D eigenvalue weighted by Gasteiger charge is -2.36. The largest absolute Gasteiger partial charge is 0.380 e. The minimum Gasteiger partial charge on any atom is -0.380 e. The minimum absolute atomic E-state index is 0.0150. The van der Waals surface area contributed by atoms with Gasteiger partial charge in [-0.2, -0.15) is 0 Å². The van der Waals surface area contributed by atoms with E-state index in [-0.39, 0.29) is 35.5 Å². The minimum atomic E-state index is -0.481. The molecule has 1 aromatic heterocycles. The van der Waals surface area contributed by atoms with E-state index >= 15 is 0 Å². The third-order valence-electron chi connectivity index (χ3n) is 10.9. The van der Waals surface area contributed by atoms with E-state index < -0.39 is 12.2 Å². The number of nitrogens with one attached hydrogen (secondary N) is 1. The Morgan fingerprint density at radius 1 is 0.909 bits per heavy atom. The van der Waals surface area contributed by atoms with Crippen molar-refractivity contribution in [3.05, 3.63) is 11.4 Å². The van der Waals surface area contributed by atoms with Crippen LogP contribution in [0.15, 0.2) is 0 Å². The molecule has 55 heavy (non-hydrogen) atoms. The van der Waals surface area contributed by atoms with Gasteiger partial charge in [0.1, 0.15) is 17.9 Å². The van der Waals surface area contributed by atoms with Crippen molar-refractivity contribution in [2.24, 2.45) is 16.6 Å². The number of aromatic nitrogens is 3. The molecule has 4 unspecified atom stereocenters. The molecule has 0 spiro atoms. The Bertz CT molecular complexity index is 1210. The van der Waals surface area contributed by atoms with Crippen LogP contribution in [0.25, 0.3) is 0 Å². The molecule has 3 N–H and O–H groups in total. The lowest BCUT2D eigenvalue weighted by Crippen LogP contribution is -2.44. The highest BCUT2D eigenvalue weighted by Crippen LogP contribution is 2.32. The van der Waals surface area contributed by atoms with Gasteiger partial charge in [0.25, 0.3) is 0 Å². The molecule has 0 fully saturated rings. The Labute approximate surface area is 332 Å². The van der Waals surface area contributed by atoms with Crippen molar-refractivity contribution in [1.82, 2.24) is 30.1 Å². The molecule has 4 atom stereocenters. The Morgan fingerprint density at radius 2 is 1.55 bits per heavy atom. The molecule has 1 aromatic rings. The first-order valence-corrected chi connectivity index (χ1v) is 20.6. The van der Waals surface area contributed by atoms with E-state index in [2.05, 4.69) is 69.1 Å². The van der Waals surface area contributed by atoms with Crippen molar-refractivity contribution in [2.75, 3.05) is 107 Å². The third kappa shape index (κ3) is 17.8. The standard InChI is InChI=1S/C40H77N7O8/c1-10-39(5,28-45(7)32(3)4)30-55-31-40(6,11-2)29-47-33-17-20-46(27-34(50-8)38(51-9)37(33)43-44-47)36(49)16-12-15-35(48)42-19-14-22-53-24-26-54-25-23-52-21-13-18-41/h32,34,38H,10-31,41H2,1-9H3,(H,42,48). The number of methoxy groups -OCH3 is 2. The molecule has 2 heterocycles. The number of amides is 2. The summed E-state index contributed by atoms with van der Waals surface area (Å²) >= 11 is 0. The van der Waals surface area contributed by atoms with Gasteiger partial charge in [0.05, 0.1) is 51.9 Å². The van der Waals surface area contributed by atoms with E-state index in [0.29, 0.717) is 111 Å². The molecule has 0 aliphatic carbocycles. The molecule has 0 saturated carbocycles. The lowest BCUT2D eigenvalue weighted by atomic mass is 9.86. The fourth-order valence-electron chi connectivity index (χ4n) is 6.45. The van der Waals surface area contributed by atoms with E-state index in [9.17, 15) is 9.59 Å². The molecular weight excluding hydrogens is 706 g/mol. The van der Waals surface area contributed by atoms with E-state index in [1.54, 1.807) is 14.2 Å². The number of nitrogens with two attached hydrogens (primary N) is 1. The normalized spacial score (nSPS) is 18.5. The summed E-state index contributed by atoms with van der Waals surface area (Å²) in [5.74, 6) is -0.0868. The lowest BCUT2D eigenvalue weighted by molar-refractivity contribution is -0.135. The molecule has 2 rings (SSSR count). The monoisotopic (exact) mass is 784 g/mol. The summed E-state index contributed by atoms with van der Waals surface area (Å²) in [4.78, 5) is 30.2. The average Bonchev–Trinajstić information content (AvgIpc) is 3.53. The van der Waals surface area contributed by atoms with Crippen LogP contribution in [0.5, 0.6) is 0 Å². The van der Waals surface area contributed by atoms with Gasteiger partial charge in [0.15, 0.2) is 0 Å². The van der Waals surface area contributed by atoms with Crippen molar-refractivity contribution >= 4 is 11.8 Å². The summed E-state index contributed by atoms with van der Waals surface area (Å²) in [6, 6.07) is 0.479. The molecule has 0 bridgehead atoms. The summed E-state index contributed by atoms with van der Waals surface area (Å²) in [6.07, 6.45) is 4.17. The second kappa shape index (κ2) is 26.6. The molecule has 15 nitrogen and oxygen atoms in total. The van der Waals surface area contributed by atoms with Gasteiger partial charge >= 0.3 is 0 Å². The number of rotatable bonds is 30. The average molecular weight is 784 g/mol. The van der Waals surface area contributed by atoms with Crippen LogP contribution in [0.3, 0.4) is 0 Å². The topological polar surface area (TPSA) is 165 Å². The highest BCUT2D eigenvalue weighted by molar-refractivity contribution is 5.79. The molecule has 2 amide bonds. The van der Waals surface area contributed by atoms with Crippen LogP contribution in [0.4, 0.5) is 0 Å². The Kier molecular flexibility index (Phi) is 23.7. The van der Waals surface area contributed by atoms with Crippen molar-refractivity contribution in [1.29, 1.82) is 0 Å². The zero-order valence-corrected chi connectivity index (χ0v) is 35.9. The number of carbonyl (C=O) groups is 2. The van der Waals surface area contributed by atoms with Crippen molar-refractivity contribution < 1.29 is 38.0 Å². The summed E-state index contributed by atoms with van der Waals surface area (Å²) in [5, 5.41) is 12.2. The molecular formula is C40H77N7O8. The zero-order chi connectivity index (χ0) is 40.7. The Balaban J connectivity index is 1.87. The first kappa shape index (κ1) is 48.9. The first-order chi connectivity index (χ1) is 26.4. The molecule has 1 aliphatic rings. The first-order valence-electron chi connectivity index (χ1n) is 20.6. The van der Waals surface area contributed by atoms with Crippen LogP contribution in [-0.2, 0) is 51.0 Å². The van der Waals surface area contributed by atoms with Crippen LogP contribution < -0.4 is 11.1 Å². The molecule has 15 heteroatoms. The summed E-state index contributed by atoms with van der Waals surface area (Å²) in [6.45, 7) is 21.6. The van der Waals surface area contributed by atoms with Crippen molar-refractivity contribution in [2.45, 2.75) is 118 Å². The van der Waals surface area contributed by atoms with Gasteiger partial charge in [-0.1, -0.05) is 32.9 Å². The molecule has 0 radical (unpaired) electrons. The number of hydrogen-bond acceptors (Lipinski definition) is 12. The van der Waals surface area contributed by atoms with Gasteiger partial charge < -0.3 is 49.3 Å². The quantitative estimate of drug-likeness (QED) is 0.109. The number of ether oxygens (including phenoxy) is 6. The van der Waals surface area contributed by atoms with Crippen molar-refractivity contribution in [3.8, 4) is 0 Å². The Hall–Kier alpha value is -2.24. The highest BCUT2D eigenvalue weighted by atomic mass is 16.5. The van der Waals surface area contributed by atoms with Crippen LogP contribution >= 0.6 is 0 Å². The molecule has 0 saturated heterocycles. The maximum atomic E-state index is 13.5.